The van der Waals surface area contributed by atoms with Crippen molar-refractivity contribution < 1.29 is 14.3 Å². The van der Waals surface area contributed by atoms with Gasteiger partial charge in [0.2, 0.25) is 5.91 Å². The molecule has 0 aromatic rings. The molecular formula is C16H26N2O3. The fourth-order valence-electron chi connectivity index (χ4n) is 4.04. The number of carbonyl (C=O) groups is 2. The number of ether oxygens (including phenoxy) is 1. The Hall–Kier alpha value is -1.10. The molecule has 2 aliphatic carbocycles. The van der Waals surface area contributed by atoms with E-state index in [2.05, 4.69) is 13.8 Å². The zero-order valence-electron chi connectivity index (χ0n) is 13.2. The van der Waals surface area contributed by atoms with Crippen molar-refractivity contribution in [3.63, 3.8) is 0 Å². The van der Waals surface area contributed by atoms with Crippen LogP contribution < -0.4 is 5.73 Å². The highest BCUT2D eigenvalue weighted by atomic mass is 16.5. The first kappa shape index (κ1) is 14.8. The highest BCUT2D eigenvalue weighted by molar-refractivity contribution is 5.89. The minimum absolute atomic E-state index is 0.0667. The summed E-state index contributed by atoms with van der Waals surface area (Å²) in [7, 11) is 0. The number of carbonyl (C=O) groups excluding carboxylic acids is 2. The van der Waals surface area contributed by atoms with E-state index in [1.54, 1.807) is 11.8 Å². The van der Waals surface area contributed by atoms with Gasteiger partial charge in [-0.3, -0.25) is 4.79 Å². The number of nitrogens with two attached hydrogens (primary N) is 1. The van der Waals surface area contributed by atoms with Gasteiger partial charge in [0, 0.05) is 12.5 Å². The Kier molecular flexibility index (Phi) is 3.51. The fourth-order valence-corrected chi connectivity index (χ4v) is 4.04. The minimum atomic E-state index is -0.463. The Balaban J connectivity index is 1.71. The lowest BCUT2D eigenvalue weighted by atomic mass is 10.00. The van der Waals surface area contributed by atoms with Gasteiger partial charge in [0.05, 0.1) is 12.6 Å². The van der Waals surface area contributed by atoms with E-state index >= 15 is 0 Å². The molecule has 0 unspecified atom stereocenters. The van der Waals surface area contributed by atoms with E-state index in [9.17, 15) is 9.59 Å². The van der Waals surface area contributed by atoms with Crippen LogP contribution >= 0.6 is 0 Å². The summed E-state index contributed by atoms with van der Waals surface area (Å²) in [5.74, 6) is 0.918. The summed E-state index contributed by atoms with van der Waals surface area (Å²) >= 11 is 0. The molecule has 5 nitrogen and oxygen atoms in total. The second-order valence-electron chi connectivity index (χ2n) is 7.43. The van der Waals surface area contributed by atoms with E-state index in [0.29, 0.717) is 25.0 Å². The summed E-state index contributed by atoms with van der Waals surface area (Å²) in [6, 6.07) is -0.891. The quantitative estimate of drug-likeness (QED) is 0.772. The van der Waals surface area contributed by atoms with E-state index in [4.69, 9.17) is 10.5 Å². The van der Waals surface area contributed by atoms with E-state index in [1.165, 1.54) is 12.8 Å². The van der Waals surface area contributed by atoms with E-state index < -0.39 is 12.1 Å². The number of piperidine rings is 1. The summed E-state index contributed by atoms with van der Waals surface area (Å²) in [6.07, 6.45) is 3.12. The zero-order chi connectivity index (χ0) is 15.4. The van der Waals surface area contributed by atoms with Crippen molar-refractivity contribution in [2.45, 2.75) is 52.1 Å². The lowest BCUT2D eigenvalue weighted by Gasteiger charge is -2.31. The van der Waals surface area contributed by atoms with E-state index in [0.717, 1.165) is 6.42 Å². The molecule has 0 aromatic carbocycles. The average molecular weight is 294 g/mol. The van der Waals surface area contributed by atoms with Crippen molar-refractivity contribution in [1.29, 1.82) is 0 Å². The van der Waals surface area contributed by atoms with Gasteiger partial charge in [0.1, 0.15) is 6.04 Å². The highest BCUT2D eigenvalue weighted by Gasteiger charge is 2.69. The first-order valence-electron chi connectivity index (χ1n) is 8.10. The predicted octanol–water partition coefficient (Wildman–Crippen LogP) is 1.16. The van der Waals surface area contributed by atoms with Gasteiger partial charge in [-0.15, -0.1) is 0 Å². The predicted molar refractivity (Wildman–Crippen MR) is 78.2 cm³/mol. The standard InChI is InChI=1S/C16H26N2O3/c1-4-21-15(20)13-12-10(16(12,2)3)8-18(13)14(19)11(17)7-9-5-6-9/h9-13H,4-8,17H2,1-3H3/t10-,11-,12-,13-/m0/s1. The Bertz CT molecular complexity index is 458. The largest absolute Gasteiger partial charge is 0.464 e. The van der Waals surface area contributed by atoms with Gasteiger partial charge < -0.3 is 15.4 Å². The van der Waals surface area contributed by atoms with E-state index in [1.807, 2.05) is 0 Å². The van der Waals surface area contributed by atoms with Gasteiger partial charge >= 0.3 is 5.97 Å². The maximum absolute atomic E-state index is 12.6. The number of amides is 1. The number of likely N-dealkylation sites (tertiary alicyclic amines) is 1. The fraction of sp³-hybridized carbons (Fsp3) is 0.875. The second kappa shape index (κ2) is 4.97. The number of rotatable bonds is 5. The molecule has 4 atom stereocenters. The monoisotopic (exact) mass is 294 g/mol. The van der Waals surface area contributed by atoms with Gasteiger partial charge in [-0.1, -0.05) is 26.7 Å². The van der Waals surface area contributed by atoms with Crippen molar-refractivity contribution in [3.8, 4) is 0 Å². The number of esters is 1. The third-order valence-corrected chi connectivity index (χ3v) is 5.62. The molecule has 2 N–H and O–H groups in total. The number of hydrogen-bond acceptors (Lipinski definition) is 4. The molecule has 1 aliphatic heterocycles. The summed E-state index contributed by atoms with van der Waals surface area (Å²) in [6.45, 7) is 7.13. The summed E-state index contributed by atoms with van der Waals surface area (Å²) in [4.78, 5) is 26.6. The SMILES string of the molecule is CCOC(=O)[C@@H]1[C@@H]2[C@H](CN1C(=O)[C@@H](N)CC1CC1)C2(C)C. The maximum Gasteiger partial charge on any atom is 0.329 e. The molecule has 5 heteroatoms. The first-order chi connectivity index (χ1) is 9.87. The van der Waals surface area contributed by atoms with Crippen molar-refractivity contribution in [1.82, 2.24) is 4.90 Å². The third kappa shape index (κ3) is 2.45. The van der Waals surface area contributed by atoms with Gasteiger partial charge in [-0.2, -0.15) is 0 Å². The molecular weight excluding hydrogens is 268 g/mol. The second-order valence-corrected chi connectivity index (χ2v) is 7.43. The summed E-state index contributed by atoms with van der Waals surface area (Å²) < 4.78 is 5.20. The molecule has 3 fully saturated rings. The van der Waals surface area contributed by atoms with Gasteiger partial charge in [-0.25, -0.2) is 4.79 Å². The van der Waals surface area contributed by atoms with Crippen LogP contribution in [0.15, 0.2) is 0 Å². The molecule has 3 aliphatic rings. The summed E-state index contributed by atoms with van der Waals surface area (Å²) in [5, 5.41) is 0. The molecule has 0 spiro atoms. The number of hydrogen-bond donors (Lipinski definition) is 1. The summed E-state index contributed by atoms with van der Waals surface area (Å²) in [5.41, 5.74) is 6.19. The molecule has 1 heterocycles. The van der Waals surface area contributed by atoms with Gasteiger partial charge in [-0.05, 0) is 30.6 Å². The maximum atomic E-state index is 12.6. The molecule has 0 aromatic heterocycles. The van der Waals surface area contributed by atoms with Crippen LogP contribution in [0, 0.1) is 23.2 Å². The molecule has 3 rings (SSSR count). The highest BCUT2D eigenvalue weighted by Crippen LogP contribution is 2.65. The van der Waals surface area contributed by atoms with Crippen LogP contribution in [0.25, 0.3) is 0 Å². The molecule has 1 saturated heterocycles. The molecule has 0 radical (unpaired) electrons. The molecule has 118 valence electrons. The van der Waals surface area contributed by atoms with Crippen LogP contribution in [0.2, 0.25) is 0 Å². The molecule has 0 bridgehead atoms. The zero-order valence-corrected chi connectivity index (χ0v) is 13.2. The molecule has 1 amide bonds. The van der Waals surface area contributed by atoms with Crippen molar-refractivity contribution in [2.75, 3.05) is 13.2 Å². The van der Waals surface area contributed by atoms with Crippen LogP contribution in [0.3, 0.4) is 0 Å². The number of nitrogens with zero attached hydrogens (tertiary/aromatic N) is 1. The Morgan fingerprint density at radius 3 is 2.62 bits per heavy atom. The van der Waals surface area contributed by atoms with Crippen molar-refractivity contribution in [2.24, 2.45) is 28.9 Å². The Morgan fingerprint density at radius 2 is 2.05 bits per heavy atom. The lowest BCUT2D eigenvalue weighted by Crippen LogP contribution is -2.52. The van der Waals surface area contributed by atoms with Crippen LogP contribution in [0.4, 0.5) is 0 Å². The molecule has 2 saturated carbocycles. The average Bonchev–Trinajstić information content (AvgIpc) is 3.25. The normalized spacial score (nSPS) is 34.3. The van der Waals surface area contributed by atoms with Crippen LogP contribution in [0.1, 0.15) is 40.0 Å². The van der Waals surface area contributed by atoms with Crippen LogP contribution in [-0.2, 0) is 14.3 Å². The number of fused-ring (bicyclic) bond motifs is 1. The Labute approximate surface area is 126 Å². The van der Waals surface area contributed by atoms with Crippen molar-refractivity contribution >= 4 is 11.9 Å². The first-order valence-corrected chi connectivity index (χ1v) is 8.10. The van der Waals surface area contributed by atoms with Crippen molar-refractivity contribution in [3.05, 3.63) is 0 Å². The van der Waals surface area contributed by atoms with Gasteiger partial charge in [0.15, 0.2) is 0 Å². The topological polar surface area (TPSA) is 72.6 Å². The van der Waals surface area contributed by atoms with Crippen LogP contribution in [-0.4, -0.2) is 42.0 Å². The van der Waals surface area contributed by atoms with Crippen LogP contribution in [0.5, 0.6) is 0 Å². The minimum Gasteiger partial charge on any atom is -0.464 e. The lowest BCUT2D eigenvalue weighted by molar-refractivity contribution is -0.155. The smallest absolute Gasteiger partial charge is 0.329 e. The third-order valence-electron chi connectivity index (χ3n) is 5.62. The van der Waals surface area contributed by atoms with Gasteiger partial charge in [0.25, 0.3) is 0 Å². The van der Waals surface area contributed by atoms with E-state index in [-0.39, 0.29) is 23.2 Å². The Morgan fingerprint density at radius 1 is 1.38 bits per heavy atom. The molecule has 21 heavy (non-hydrogen) atoms.